The molecule has 0 radical (unpaired) electrons. The van der Waals surface area contributed by atoms with Crippen molar-refractivity contribution in [2.45, 2.75) is 58.7 Å². The van der Waals surface area contributed by atoms with Gasteiger partial charge >= 0.3 is 6.09 Å². The van der Waals surface area contributed by atoms with Gasteiger partial charge in [-0.25, -0.2) is 4.79 Å². The molecule has 1 N–H and O–H groups in total. The summed E-state index contributed by atoms with van der Waals surface area (Å²) >= 11 is 0. The third-order valence-corrected chi connectivity index (χ3v) is 5.73. The molecule has 0 bridgehead atoms. The summed E-state index contributed by atoms with van der Waals surface area (Å²) in [6, 6.07) is 4.04. The van der Waals surface area contributed by atoms with E-state index >= 15 is 0 Å². The van der Waals surface area contributed by atoms with E-state index in [1.54, 1.807) is 10.8 Å². The number of piperidine rings is 1. The van der Waals surface area contributed by atoms with Gasteiger partial charge in [0.25, 0.3) is 0 Å². The molecule has 0 saturated carbocycles. The molecule has 1 aliphatic rings. The van der Waals surface area contributed by atoms with Gasteiger partial charge in [-0.15, -0.1) is 0 Å². The van der Waals surface area contributed by atoms with Crippen LogP contribution in [0.5, 0.6) is 5.75 Å². The van der Waals surface area contributed by atoms with Crippen molar-refractivity contribution in [1.82, 2.24) is 19.7 Å². The second-order valence-corrected chi connectivity index (χ2v) is 9.47. The number of carbonyl (C=O) groups excluding carboxylic acids is 1. The van der Waals surface area contributed by atoms with Crippen molar-refractivity contribution < 1.29 is 14.3 Å². The van der Waals surface area contributed by atoms with Gasteiger partial charge in [0.15, 0.2) is 0 Å². The number of aryl methyl sites for hydroxylation is 3. The summed E-state index contributed by atoms with van der Waals surface area (Å²) in [5, 5.41) is 8.76. The number of aromatic nitrogens is 3. The number of nitrogens with one attached hydrogen (secondary N) is 1. The van der Waals surface area contributed by atoms with Gasteiger partial charge in [-0.2, -0.15) is 5.10 Å². The number of nitrogens with zero attached hydrogens (tertiary/aromatic N) is 3. The molecule has 0 unspecified atom stereocenters. The first-order valence-corrected chi connectivity index (χ1v) is 10.8. The topological polar surface area (TPSA) is 70.3 Å². The van der Waals surface area contributed by atoms with Crippen LogP contribution in [0.3, 0.4) is 0 Å². The van der Waals surface area contributed by atoms with Crippen LogP contribution in [-0.4, -0.2) is 45.2 Å². The molecule has 1 fully saturated rings. The van der Waals surface area contributed by atoms with Gasteiger partial charge in [0.1, 0.15) is 17.5 Å². The fourth-order valence-electron chi connectivity index (χ4n) is 4.40. The third kappa shape index (κ3) is 4.32. The molecule has 166 valence electrons. The van der Waals surface area contributed by atoms with Crippen molar-refractivity contribution in [3.63, 3.8) is 0 Å². The zero-order valence-corrected chi connectivity index (χ0v) is 19.2. The molecule has 0 amide bonds. The Balaban J connectivity index is 1.71. The first-order valence-electron chi connectivity index (χ1n) is 10.8. The molecule has 4 rings (SSSR count). The molecule has 3 heterocycles. The SMILES string of the molecule is Cc1cc(C)c2c(ccn2C(=O)OC(C)(C)C)c1O[C@@H]1CCNC[C@H]1c1cnn(C)c1. The van der Waals surface area contributed by atoms with Crippen LogP contribution in [0.15, 0.2) is 30.7 Å². The van der Waals surface area contributed by atoms with Crippen molar-refractivity contribution in [2.75, 3.05) is 13.1 Å². The molecule has 1 aromatic carbocycles. The highest BCUT2D eigenvalue weighted by Crippen LogP contribution is 2.37. The van der Waals surface area contributed by atoms with E-state index in [2.05, 4.69) is 29.6 Å². The maximum Gasteiger partial charge on any atom is 0.419 e. The van der Waals surface area contributed by atoms with E-state index in [1.165, 1.54) is 5.56 Å². The summed E-state index contributed by atoms with van der Waals surface area (Å²) < 4.78 is 15.7. The molecule has 3 aromatic rings. The Kier molecular flexibility index (Phi) is 5.56. The molecule has 0 spiro atoms. The number of carbonyl (C=O) groups is 1. The summed E-state index contributed by atoms with van der Waals surface area (Å²) in [6.07, 6.45) is 6.31. The second-order valence-electron chi connectivity index (χ2n) is 9.47. The Morgan fingerprint density at radius 2 is 2.03 bits per heavy atom. The smallest absolute Gasteiger partial charge is 0.419 e. The minimum Gasteiger partial charge on any atom is -0.489 e. The molecule has 2 atom stereocenters. The third-order valence-electron chi connectivity index (χ3n) is 5.73. The van der Waals surface area contributed by atoms with Gasteiger partial charge in [0.05, 0.1) is 11.7 Å². The van der Waals surface area contributed by atoms with E-state index < -0.39 is 5.60 Å². The summed E-state index contributed by atoms with van der Waals surface area (Å²) in [7, 11) is 1.93. The minimum absolute atomic E-state index is 0.0277. The van der Waals surface area contributed by atoms with E-state index in [0.717, 1.165) is 47.3 Å². The average Bonchev–Trinajstić information content (AvgIpc) is 3.31. The number of fused-ring (bicyclic) bond motifs is 1. The predicted molar refractivity (Wildman–Crippen MR) is 121 cm³/mol. The zero-order chi connectivity index (χ0) is 22.3. The van der Waals surface area contributed by atoms with E-state index in [1.807, 2.05) is 51.7 Å². The van der Waals surface area contributed by atoms with Gasteiger partial charge in [0.2, 0.25) is 0 Å². The van der Waals surface area contributed by atoms with Crippen LogP contribution >= 0.6 is 0 Å². The summed E-state index contributed by atoms with van der Waals surface area (Å²) in [6.45, 7) is 11.5. The highest BCUT2D eigenvalue weighted by molar-refractivity contribution is 5.96. The average molecular weight is 425 g/mol. The Morgan fingerprint density at radius 3 is 2.71 bits per heavy atom. The van der Waals surface area contributed by atoms with E-state index in [-0.39, 0.29) is 18.1 Å². The molecular formula is C24H32N4O3. The number of hydrogen-bond donors (Lipinski definition) is 1. The fourth-order valence-corrected chi connectivity index (χ4v) is 4.40. The first-order chi connectivity index (χ1) is 14.6. The number of ether oxygens (including phenoxy) is 2. The van der Waals surface area contributed by atoms with Gasteiger partial charge in [-0.3, -0.25) is 9.25 Å². The van der Waals surface area contributed by atoms with Gasteiger partial charge < -0.3 is 14.8 Å². The molecule has 2 aromatic heterocycles. The van der Waals surface area contributed by atoms with Crippen molar-refractivity contribution in [3.8, 4) is 5.75 Å². The van der Waals surface area contributed by atoms with Crippen LogP contribution < -0.4 is 10.1 Å². The van der Waals surface area contributed by atoms with Crippen LogP contribution in [0.4, 0.5) is 4.79 Å². The summed E-state index contributed by atoms with van der Waals surface area (Å²) in [5.41, 5.74) is 3.53. The lowest BCUT2D eigenvalue weighted by Crippen LogP contribution is -2.41. The Hall–Kier alpha value is -2.80. The first kappa shape index (κ1) is 21.4. The normalized spacial score (nSPS) is 19.5. The van der Waals surface area contributed by atoms with Crippen LogP contribution in [0.1, 0.15) is 49.8 Å². The van der Waals surface area contributed by atoms with Crippen molar-refractivity contribution >= 4 is 17.0 Å². The molecule has 1 aliphatic heterocycles. The maximum atomic E-state index is 12.8. The van der Waals surface area contributed by atoms with E-state index in [0.29, 0.717) is 0 Å². The molecule has 0 aliphatic carbocycles. The number of benzene rings is 1. The summed E-state index contributed by atoms with van der Waals surface area (Å²) in [5.74, 6) is 1.05. The maximum absolute atomic E-state index is 12.8. The van der Waals surface area contributed by atoms with Crippen molar-refractivity contribution in [2.24, 2.45) is 7.05 Å². The van der Waals surface area contributed by atoms with Crippen molar-refractivity contribution in [1.29, 1.82) is 0 Å². The largest absolute Gasteiger partial charge is 0.489 e. The lowest BCUT2D eigenvalue weighted by atomic mass is 9.90. The molecule has 7 nitrogen and oxygen atoms in total. The number of rotatable bonds is 3. The minimum atomic E-state index is -0.558. The van der Waals surface area contributed by atoms with Crippen LogP contribution in [0.25, 0.3) is 10.9 Å². The highest BCUT2D eigenvalue weighted by Gasteiger charge is 2.30. The van der Waals surface area contributed by atoms with Crippen LogP contribution in [0, 0.1) is 13.8 Å². The van der Waals surface area contributed by atoms with Gasteiger partial charge in [0, 0.05) is 37.3 Å². The lowest BCUT2D eigenvalue weighted by molar-refractivity contribution is 0.0544. The Bertz CT molecular complexity index is 1110. The standard InChI is InChI=1S/C24H32N4O3/c1-15-11-16(2)22(18-8-10-28(21(15)18)23(29)31-24(3,4)5)30-20-7-9-25-13-19(20)17-12-26-27(6)14-17/h8,10-12,14,19-20,25H,7,9,13H2,1-6H3/t19-,20+/m0/s1. The van der Waals surface area contributed by atoms with Gasteiger partial charge in [-0.1, -0.05) is 6.07 Å². The number of hydrogen-bond acceptors (Lipinski definition) is 5. The zero-order valence-electron chi connectivity index (χ0n) is 19.2. The highest BCUT2D eigenvalue weighted by atomic mass is 16.6. The van der Waals surface area contributed by atoms with Crippen molar-refractivity contribution in [3.05, 3.63) is 47.4 Å². The Labute approximate surface area is 183 Å². The molecular weight excluding hydrogens is 392 g/mol. The van der Waals surface area contributed by atoms with E-state index in [4.69, 9.17) is 9.47 Å². The summed E-state index contributed by atoms with van der Waals surface area (Å²) in [4.78, 5) is 12.8. The Morgan fingerprint density at radius 1 is 1.26 bits per heavy atom. The van der Waals surface area contributed by atoms with Crippen LogP contribution in [-0.2, 0) is 11.8 Å². The molecule has 1 saturated heterocycles. The van der Waals surface area contributed by atoms with Crippen LogP contribution in [0.2, 0.25) is 0 Å². The predicted octanol–water partition coefficient (Wildman–Crippen LogP) is 4.30. The molecule has 7 heteroatoms. The second kappa shape index (κ2) is 8.04. The lowest BCUT2D eigenvalue weighted by Gasteiger charge is -2.32. The molecule has 31 heavy (non-hydrogen) atoms. The monoisotopic (exact) mass is 424 g/mol. The van der Waals surface area contributed by atoms with E-state index in [9.17, 15) is 4.79 Å². The fraction of sp³-hybridized carbons (Fsp3) is 0.500. The quantitative estimate of drug-likeness (QED) is 0.679. The van der Waals surface area contributed by atoms with Gasteiger partial charge in [-0.05, 0) is 70.3 Å².